The highest BCUT2D eigenvalue weighted by molar-refractivity contribution is 5.63. The molecule has 0 aliphatic heterocycles. The van der Waals surface area contributed by atoms with Crippen molar-refractivity contribution in [3.8, 4) is 16.9 Å². The summed E-state index contributed by atoms with van der Waals surface area (Å²) in [6, 6.07) is 12.0. The topological polar surface area (TPSA) is 63.8 Å². The molecule has 112 valence electrons. The third kappa shape index (κ3) is 2.63. The van der Waals surface area contributed by atoms with E-state index in [1.807, 2.05) is 24.3 Å². The number of aliphatic hydroxyl groups is 1. The third-order valence-electron chi connectivity index (χ3n) is 3.63. The molecule has 0 aliphatic carbocycles. The predicted octanol–water partition coefficient (Wildman–Crippen LogP) is 2.95. The number of hydrogen-bond donors (Lipinski definition) is 1. The van der Waals surface area contributed by atoms with Crippen molar-refractivity contribution in [2.24, 2.45) is 0 Å². The van der Waals surface area contributed by atoms with Gasteiger partial charge in [0.2, 0.25) is 0 Å². The van der Waals surface area contributed by atoms with Gasteiger partial charge in [0.1, 0.15) is 11.4 Å². The van der Waals surface area contributed by atoms with Gasteiger partial charge in [-0.05, 0) is 35.7 Å². The van der Waals surface area contributed by atoms with Crippen LogP contribution >= 0.6 is 0 Å². The van der Waals surface area contributed by atoms with Gasteiger partial charge < -0.3 is 5.11 Å². The summed E-state index contributed by atoms with van der Waals surface area (Å²) in [5.74, 6) is 0.482. The molecule has 0 aliphatic rings. The smallest absolute Gasteiger partial charge is 0.117 e. The Hall–Kier alpha value is -2.53. The van der Waals surface area contributed by atoms with Crippen LogP contribution in [0.1, 0.15) is 31.0 Å². The molecule has 0 fully saturated rings. The molecule has 0 saturated carbocycles. The lowest BCUT2D eigenvalue weighted by molar-refractivity contribution is 0.277. The van der Waals surface area contributed by atoms with Crippen LogP contribution in [0.4, 0.5) is 0 Å². The first-order chi connectivity index (χ1) is 10.7. The maximum absolute atomic E-state index is 9.52. The third-order valence-corrected chi connectivity index (χ3v) is 3.63. The Morgan fingerprint density at radius 3 is 2.50 bits per heavy atom. The fourth-order valence-corrected chi connectivity index (χ4v) is 2.39. The van der Waals surface area contributed by atoms with E-state index in [4.69, 9.17) is 0 Å². The van der Waals surface area contributed by atoms with E-state index in [-0.39, 0.29) is 6.61 Å². The van der Waals surface area contributed by atoms with E-state index >= 15 is 0 Å². The van der Waals surface area contributed by atoms with E-state index in [1.54, 1.807) is 17.1 Å². The van der Waals surface area contributed by atoms with E-state index in [2.05, 4.69) is 41.3 Å². The summed E-state index contributed by atoms with van der Waals surface area (Å²) < 4.78 is 1.74. The molecule has 2 aromatic heterocycles. The minimum absolute atomic E-state index is 0.158. The first kappa shape index (κ1) is 14.4. The highest BCUT2D eigenvalue weighted by atomic mass is 16.3. The molecule has 1 N–H and O–H groups in total. The molecule has 0 unspecified atom stereocenters. The van der Waals surface area contributed by atoms with Crippen molar-refractivity contribution in [2.75, 3.05) is 0 Å². The summed E-state index contributed by atoms with van der Waals surface area (Å²) in [6.07, 6.45) is 3.46. The average molecular weight is 294 g/mol. The summed E-state index contributed by atoms with van der Waals surface area (Å²) in [6.45, 7) is 4.17. The molecule has 0 spiro atoms. The molecular formula is C17H18N4O. The molecule has 3 aromatic rings. The van der Waals surface area contributed by atoms with Gasteiger partial charge in [0.15, 0.2) is 0 Å². The van der Waals surface area contributed by atoms with Gasteiger partial charge in [0.25, 0.3) is 0 Å². The van der Waals surface area contributed by atoms with Crippen molar-refractivity contribution in [3.05, 3.63) is 60.0 Å². The molecule has 2 heterocycles. The Balaban J connectivity index is 2.10. The van der Waals surface area contributed by atoms with E-state index in [0.29, 0.717) is 11.6 Å². The standard InChI is InChI=1S/C17H18N4O/c1-12(2)13-5-7-15(8-6-13)21-17(16(11-22)19-20-21)14-4-3-9-18-10-14/h3-10,12,22H,11H2,1-2H3. The molecule has 0 bridgehead atoms. The van der Waals surface area contributed by atoms with Gasteiger partial charge in [-0.1, -0.05) is 31.2 Å². The predicted molar refractivity (Wildman–Crippen MR) is 84.6 cm³/mol. The van der Waals surface area contributed by atoms with Crippen LogP contribution in [0, 0.1) is 0 Å². The SMILES string of the molecule is CC(C)c1ccc(-n2nnc(CO)c2-c2cccnc2)cc1. The molecular weight excluding hydrogens is 276 g/mol. The minimum atomic E-state index is -0.158. The Morgan fingerprint density at radius 1 is 1.14 bits per heavy atom. The second-order valence-corrected chi connectivity index (χ2v) is 5.44. The first-order valence-electron chi connectivity index (χ1n) is 7.27. The van der Waals surface area contributed by atoms with Gasteiger partial charge in [-0.3, -0.25) is 4.98 Å². The molecule has 3 rings (SSSR count). The van der Waals surface area contributed by atoms with Crippen molar-refractivity contribution >= 4 is 0 Å². The first-order valence-corrected chi connectivity index (χ1v) is 7.27. The maximum atomic E-state index is 9.52. The Morgan fingerprint density at radius 2 is 1.91 bits per heavy atom. The van der Waals surface area contributed by atoms with Crippen LogP contribution in [-0.4, -0.2) is 25.1 Å². The van der Waals surface area contributed by atoms with Crippen LogP contribution in [0.15, 0.2) is 48.8 Å². The van der Waals surface area contributed by atoms with E-state index in [0.717, 1.165) is 16.9 Å². The van der Waals surface area contributed by atoms with Gasteiger partial charge in [-0.25, -0.2) is 4.68 Å². The van der Waals surface area contributed by atoms with E-state index < -0.39 is 0 Å². The fourth-order valence-electron chi connectivity index (χ4n) is 2.39. The number of pyridine rings is 1. The lowest BCUT2D eigenvalue weighted by Crippen LogP contribution is -2.01. The van der Waals surface area contributed by atoms with Crippen LogP contribution in [0.3, 0.4) is 0 Å². The van der Waals surface area contributed by atoms with Gasteiger partial charge in [0.05, 0.1) is 12.3 Å². The Kier molecular flexibility index (Phi) is 3.98. The van der Waals surface area contributed by atoms with E-state index in [9.17, 15) is 5.11 Å². The number of aliphatic hydroxyl groups excluding tert-OH is 1. The Bertz CT molecular complexity index is 748. The molecule has 1 aromatic carbocycles. The minimum Gasteiger partial charge on any atom is -0.390 e. The molecule has 5 heteroatoms. The average Bonchev–Trinajstić information content (AvgIpc) is 2.99. The van der Waals surface area contributed by atoms with Gasteiger partial charge in [-0.15, -0.1) is 5.10 Å². The Labute approximate surface area is 129 Å². The van der Waals surface area contributed by atoms with Crippen molar-refractivity contribution < 1.29 is 5.11 Å². The van der Waals surface area contributed by atoms with Crippen LogP contribution < -0.4 is 0 Å². The zero-order valence-corrected chi connectivity index (χ0v) is 12.6. The summed E-state index contributed by atoms with van der Waals surface area (Å²) in [5.41, 5.74) is 4.38. The van der Waals surface area contributed by atoms with Crippen LogP contribution in [-0.2, 0) is 6.61 Å². The van der Waals surface area contributed by atoms with E-state index in [1.165, 1.54) is 5.56 Å². The van der Waals surface area contributed by atoms with Crippen LogP contribution in [0.25, 0.3) is 16.9 Å². The van der Waals surface area contributed by atoms with Crippen molar-refractivity contribution in [1.29, 1.82) is 0 Å². The highest BCUT2D eigenvalue weighted by Gasteiger charge is 2.15. The number of aromatic nitrogens is 4. The number of rotatable bonds is 4. The number of benzene rings is 1. The second-order valence-electron chi connectivity index (χ2n) is 5.44. The van der Waals surface area contributed by atoms with Gasteiger partial charge >= 0.3 is 0 Å². The number of nitrogens with zero attached hydrogens (tertiary/aromatic N) is 4. The normalized spacial score (nSPS) is 11.1. The molecule has 0 atom stereocenters. The van der Waals surface area contributed by atoms with Crippen molar-refractivity contribution in [3.63, 3.8) is 0 Å². The summed E-state index contributed by atoms with van der Waals surface area (Å²) in [5, 5.41) is 17.8. The summed E-state index contributed by atoms with van der Waals surface area (Å²) >= 11 is 0. The number of hydrogen-bond acceptors (Lipinski definition) is 4. The monoisotopic (exact) mass is 294 g/mol. The lowest BCUT2D eigenvalue weighted by atomic mass is 10.0. The maximum Gasteiger partial charge on any atom is 0.117 e. The quantitative estimate of drug-likeness (QED) is 0.803. The zero-order chi connectivity index (χ0) is 15.5. The molecule has 0 radical (unpaired) electrons. The van der Waals surface area contributed by atoms with Crippen molar-refractivity contribution in [2.45, 2.75) is 26.4 Å². The van der Waals surface area contributed by atoms with Gasteiger partial charge in [0, 0.05) is 18.0 Å². The second kappa shape index (κ2) is 6.07. The van der Waals surface area contributed by atoms with Gasteiger partial charge in [-0.2, -0.15) is 0 Å². The fraction of sp³-hybridized carbons (Fsp3) is 0.235. The van der Waals surface area contributed by atoms with Crippen molar-refractivity contribution in [1.82, 2.24) is 20.0 Å². The molecule has 0 saturated heterocycles. The molecule has 22 heavy (non-hydrogen) atoms. The summed E-state index contributed by atoms with van der Waals surface area (Å²) in [7, 11) is 0. The zero-order valence-electron chi connectivity index (χ0n) is 12.6. The summed E-state index contributed by atoms with van der Waals surface area (Å²) in [4.78, 5) is 4.14. The lowest BCUT2D eigenvalue weighted by Gasteiger charge is -2.10. The van der Waals surface area contributed by atoms with Crippen LogP contribution in [0.5, 0.6) is 0 Å². The van der Waals surface area contributed by atoms with Crippen LogP contribution in [0.2, 0.25) is 0 Å². The highest BCUT2D eigenvalue weighted by Crippen LogP contribution is 2.25. The largest absolute Gasteiger partial charge is 0.390 e. The molecule has 0 amide bonds. The molecule has 5 nitrogen and oxygen atoms in total.